The number of likely N-dealkylation sites (tertiary alicyclic amines) is 1. The normalized spacial score (nSPS) is 21.9. The number of fused-ring (bicyclic) bond motifs is 2. The third-order valence-corrected chi connectivity index (χ3v) is 7.24. The second-order valence-corrected chi connectivity index (χ2v) is 9.79. The van der Waals surface area contributed by atoms with E-state index >= 15 is 0 Å². The van der Waals surface area contributed by atoms with E-state index in [0.29, 0.717) is 24.9 Å². The lowest BCUT2D eigenvalue weighted by atomic mass is 9.79. The number of amides is 1. The van der Waals surface area contributed by atoms with Gasteiger partial charge in [-0.15, -0.1) is 24.8 Å². The van der Waals surface area contributed by atoms with Crippen LogP contribution in [0.1, 0.15) is 49.4 Å². The van der Waals surface area contributed by atoms with Crippen molar-refractivity contribution in [1.29, 1.82) is 0 Å². The summed E-state index contributed by atoms with van der Waals surface area (Å²) in [5, 5.41) is 8.30. The quantitative estimate of drug-likeness (QED) is 0.547. The van der Waals surface area contributed by atoms with Gasteiger partial charge in [-0.3, -0.25) is 14.4 Å². The molecule has 0 aliphatic carbocycles. The van der Waals surface area contributed by atoms with Crippen LogP contribution < -0.4 is 5.32 Å². The number of aromatic nitrogens is 2. The lowest BCUT2D eigenvalue weighted by Crippen LogP contribution is -2.55. The molecule has 0 saturated carbocycles. The molecule has 34 heavy (non-hydrogen) atoms. The van der Waals surface area contributed by atoms with Crippen LogP contribution in [0.3, 0.4) is 0 Å². The second kappa shape index (κ2) is 13.5. The Morgan fingerprint density at radius 3 is 2.68 bits per heavy atom. The number of nitrogens with one attached hydrogen (secondary N) is 1. The van der Waals surface area contributed by atoms with Crippen molar-refractivity contribution in [1.82, 2.24) is 24.9 Å². The Labute approximate surface area is 217 Å². The van der Waals surface area contributed by atoms with E-state index in [1.54, 1.807) is 0 Å². The molecule has 2 fully saturated rings. The highest BCUT2D eigenvalue weighted by molar-refractivity contribution is 5.85. The first-order valence-electron chi connectivity index (χ1n) is 12.3. The lowest BCUT2D eigenvalue weighted by molar-refractivity contribution is -0.130. The van der Waals surface area contributed by atoms with Gasteiger partial charge in [-0.2, -0.15) is 5.10 Å². The van der Waals surface area contributed by atoms with Crippen LogP contribution in [0.5, 0.6) is 0 Å². The van der Waals surface area contributed by atoms with E-state index in [1.165, 1.54) is 18.5 Å². The fourth-order valence-corrected chi connectivity index (χ4v) is 5.47. The molecule has 1 aromatic heterocycles. The zero-order chi connectivity index (χ0) is 22.5. The molecule has 2 aromatic rings. The molecular formula is C26H41Cl2N5O. The highest BCUT2D eigenvalue weighted by Crippen LogP contribution is 2.31. The van der Waals surface area contributed by atoms with Crippen molar-refractivity contribution in [3.8, 4) is 0 Å². The summed E-state index contributed by atoms with van der Waals surface area (Å²) in [6.45, 7) is 10.1. The van der Waals surface area contributed by atoms with Gasteiger partial charge in [-0.05, 0) is 57.1 Å². The Kier molecular flexibility index (Phi) is 11.4. The zero-order valence-electron chi connectivity index (χ0n) is 20.8. The van der Waals surface area contributed by atoms with Gasteiger partial charge < -0.3 is 10.2 Å². The summed E-state index contributed by atoms with van der Waals surface area (Å²) in [6.07, 6.45) is 6.06. The van der Waals surface area contributed by atoms with Gasteiger partial charge in [0, 0.05) is 64.0 Å². The van der Waals surface area contributed by atoms with Gasteiger partial charge >= 0.3 is 0 Å². The maximum Gasteiger partial charge on any atom is 0.222 e. The Balaban J connectivity index is 0.00000204. The SMILES string of the molecule is CCn1cc(CN(C)C(=O)CCC[C@H]2NCC3CC2CN(Cc2ccccc2)C3)c(C)n1.Cl.Cl. The van der Waals surface area contributed by atoms with Crippen LogP contribution in [0.15, 0.2) is 36.5 Å². The van der Waals surface area contributed by atoms with Crippen molar-refractivity contribution in [3.05, 3.63) is 53.3 Å². The highest BCUT2D eigenvalue weighted by atomic mass is 35.5. The van der Waals surface area contributed by atoms with Gasteiger partial charge in [0.1, 0.15) is 0 Å². The number of hydrogen-bond donors (Lipinski definition) is 1. The lowest BCUT2D eigenvalue weighted by Gasteiger charge is -2.46. The summed E-state index contributed by atoms with van der Waals surface area (Å²) in [5.41, 5.74) is 3.57. The van der Waals surface area contributed by atoms with E-state index in [-0.39, 0.29) is 30.7 Å². The van der Waals surface area contributed by atoms with Crippen LogP contribution >= 0.6 is 24.8 Å². The fraction of sp³-hybridized carbons (Fsp3) is 0.615. The Hall–Kier alpha value is -1.60. The van der Waals surface area contributed by atoms with Crippen LogP contribution in [-0.2, 0) is 24.4 Å². The van der Waals surface area contributed by atoms with E-state index in [4.69, 9.17) is 0 Å². The van der Waals surface area contributed by atoms with E-state index in [1.807, 2.05) is 23.6 Å². The number of hydrogen-bond acceptors (Lipinski definition) is 4. The van der Waals surface area contributed by atoms with E-state index in [2.05, 4.69) is 58.8 Å². The molecule has 1 amide bonds. The largest absolute Gasteiger partial charge is 0.341 e. The Morgan fingerprint density at radius 1 is 1.21 bits per heavy atom. The number of nitrogens with zero attached hydrogens (tertiary/aromatic N) is 4. The standard InChI is InChI=1S/C26H39N5O.2ClH/c1-4-31-19-24(20(2)28-31)17-29(3)26(32)12-8-11-25-23-13-22(14-27-25)16-30(18-23)15-21-9-6-5-7-10-21;;/h5-7,9-10,19,22-23,25,27H,4,8,11-18H2,1-3H3;2*1H/t22?,23?,25-;;/m1../s1. The number of carbonyl (C=O) groups excluding carboxylic acids is 1. The number of aryl methyl sites for hydroxylation is 2. The van der Waals surface area contributed by atoms with Crippen LogP contribution in [0.4, 0.5) is 0 Å². The number of rotatable bonds is 9. The first-order valence-corrected chi connectivity index (χ1v) is 12.3. The minimum atomic E-state index is 0. The molecule has 4 rings (SSSR count). The van der Waals surface area contributed by atoms with Crippen LogP contribution in [0.2, 0.25) is 0 Å². The van der Waals surface area contributed by atoms with E-state index < -0.39 is 0 Å². The van der Waals surface area contributed by atoms with Crippen LogP contribution in [-0.4, -0.2) is 58.2 Å². The number of halogens is 2. The maximum absolute atomic E-state index is 12.7. The van der Waals surface area contributed by atoms with E-state index in [9.17, 15) is 4.79 Å². The van der Waals surface area contributed by atoms with Crippen molar-refractivity contribution < 1.29 is 4.79 Å². The molecular weight excluding hydrogens is 469 g/mol. The van der Waals surface area contributed by atoms with Gasteiger partial charge in [-0.25, -0.2) is 0 Å². The van der Waals surface area contributed by atoms with Gasteiger partial charge in [0.2, 0.25) is 5.91 Å². The third-order valence-electron chi connectivity index (χ3n) is 7.24. The zero-order valence-corrected chi connectivity index (χ0v) is 22.4. The van der Waals surface area contributed by atoms with E-state index in [0.717, 1.165) is 56.2 Å². The first kappa shape index (κ1) is 28.6. The molecule has 1 N–H and O–H groups in total. The summed E-state index contributed by atoms with van der Waals surface area (Å²) < 4.78 is 1.94. The minimum Gasteiger partial charge on any atom is -0.341 e. The fourth-order valence-electron chi connectivity index (χ4n) is 5.47. The molecule has 8 heteroatoms. The monoisotopic (exact) mass is 509 g/mol. The molecule has 190 valence electrons. The predicted octanol–water partition coefficient (Wildman–Crippen LogP) is 4.29. The van der Waals surface area contributed by atoms with Gasteiger partial charge in [-0.1, -0.05) is 30.3 Å². The summed E-state index contributed by atoms with van der Waals surface area (Å²) in [4.78, 5) is 17.2. The summed E-state index contributed by atoms with van der Waals surface area (Å²) in [5.74, 6) is 1.69. The van der Waals surface area contributed by atoms with Crippen molar-refractivity contribution in [2.75, 3.05) is 26.7 Å². The topological polar surface area (TPSA) is 53.4 Å². The molecule has 1 aromatic carbocycles. The molecule has 3 heterocycles. The molecule has 2 aliphatic rings. The van der Waals surface area contributed by atoms with Crippen molar-refractivity contribution >= 4 is 30.7 Å². The van der Waals surface area contributed by atoms with Crippen LogP contribution in [0.25, 0.3) is 0 Å². The Bertz CT molecular complexity index is 891. The van der Waals surface area contributed by atoms with Gasteiger partial charge in [0.25, 0.3) is 0 Å². The van der Waals surface area contributed by atoms with Gasteiger partial charge in [0.15, 0.2) is 0 Å². The third kappa shape index (κ3) is 7.45. The predicted molar refractivity (Wildman–Crippen MR) is 143 cm³/mol. The summed E-state index contributed by atoms with van der Waals surface area (Å²) >= 11 is 0. The van der Waals surface area contributed by atoms with Crippen molar-refractivity contribution in [2.45, 2.75) is 65.2 Å². The first-order chi connectivity index (χ1) is 15.5. The molecule has 2 saturated heterocycles. The average molecular weight is 511 g/mol. The van der Waals surface area contributed by atoms with Gasteiger partial charge in [0.05, 0.1) is 5.69 Å². The molecule has 2 unspecified atom stereocenters. The average Bonchev–Trinajstić information content (AvgIpc) is 3.15. The summed E-state index contributed by atoms with van der Waals surface area (Å²) in [6, 6.07) is 11.4. The molecule has 2 bridgehead atoms. The molecule has 2 aliphatic heterocycles. The smallest absolute Gasteiger partial charge is 0.222 e. The van der Waals surface area contributed by atoms with Crippen molar-refractivity contribution in [2.24, 2.45) is 11.8 Å². The highest BCUT2D eigenvalue weighted by Gasteiger charge is 2.36. The van der Waals surface area contributed by atoms with Crippen LogP contribution in [0, 0.1) is 18.8 Å². The molecule has 6 nitrogen and oxygen atoms in total. The number of piperidine rings is 2. The maximum atomic E-state index is 12.7. The molecule has 0 radical (unpaired) electrons. The minimum absolute atomic E-state index is 0. The van der Waals surface area contributed by atoms with Crippen molar-refractivity contribution in [3.63, 3.8) is 0 Å². The summed E-state index contributed by atoms with van der Waals surface area (Å²) in [7, 11) is 1.91. The number of carbonyl (C=O) groups is 1. The second-order valence-electron chi connectivity index (χ2n) is 9.79. The number of benzene rings is 1. The molecule has 3 atom stereocenters. The molecule has 0 spiro atoms. The Morgan fingerprint density at radius 2 is 1.97 bits per heavy atom.